The number of aryl methyl sites for hydroxylation is 1. The van der Waals surface area contributed by atoms with Crippen LogP contribution in [0, 0.1) is 6.92 Å². The number of benzene rings is 9. The Morgan fingerprint density at radius 2 is 0.554 bits per heavy atom. The van der Waals surface area contributed by atoms with Crippen molar-refractivity contribution < 1.29 is 0 Å². The summed E-state index contributed by atoms with van der Waals surface area (Å²) in [6.07, 6.45) is 0. The van der Waals surface area contributed by atoms with Gasteiger partial charge in [0.25, 0.3) is 0 Å². The number of aromatic nitrogens is 1. The highest BCUT2D eigenvalue weighted by Gasteiger charge is 2.17. The first-order valence-electron chi connectivity index (χ1n) is 19.3. The van der Waals surface area contributed by atoms with Crippen LogP contribution in [0.15, 0.2) is 218 Å². The second-order valence-electron chi connectivity index (χ2n) is 14.6. The second-order valence-corrected chi connectivity index (χ2v) is 14.6. The highest BCUT2D eigenvalue weighted by molar-refractivity contribution is 6.12. The molecule has 1 nitrogen and oxygen atoms in total. The van der Waals surface area contributed by atoms with E-state index in [1.54, 1.807) is 0 Å². The Morgan fingerprint density at radius 1 is 0.250 bits per heavy atom. The molecule has 10 aromatic rings. The lowest BCUT2D eigenvalue weighted by molar-refractivity contribution is 1.15. The van der Waals surface area contributed by atoms with Crippen molar-refractivity contribution in [3.05, 3.63) is 224 Å². The Bertz CT molecular complexity index is 2690. The maximum atomic E-state index is 2.44. The maximum Gasteiger partial charge on any atom is 0.0541 e. The van der Waals surface area contributed by atoms with Crippen LogP contribution in [0.25, 0.3) is 94.3 Å². The summed E-state index contributed by atoms with van der Waals surface area (Å²) in [7, 11) is 0. The van der Waals surface area contributed by atoms with E-state index in [4.69, 9.17) is 0 Å². The first-order chi connectivity index (χ1) is 27.7. The zero-order valence-electron chi connectivity index (χ0n) is 31.2. The molecule has 0 fully saturated rings. The van der Waals surface area contributed by atoms with Gasteiger partial charge in [0.05, 0.1) is 11.0 Å². The van der Waals surface area contributed by atoms with Crippen LogP contribution < -0.4 is 0 Å². The van der Waals surface area contributed by atoms with Crippen molar-refractivity contribution in [1.82, 2.24) is 4.57 Å². The smallest absolute Gasteiger partial charge is 0.0541 e. The molecule has 0 aliphatic rings. The summed E-state index contributed by atoms with van der Waals surface area (Å²) >= 11 is 0. The topological polar surface area (TPSA) is 4.93 Å². The predicted molar refractivity (Wildman–Crippen MR) is 238 cm³/mol. The predicted octanol–water partition coefficient (Wildman–Crippen LogP) is 15.1. The van der Waals surface area contributed by atoms with Crippen LogP contribution in [-0.4, -0.2) is 4.57 Å². The highest BCUT2D eigenvalue weighted by atomic mass is 15.0. The number of hydrogen-bond acceptors (Lipinski definition) is 0. The van der Waals surface area contributed by atoms with Gasteiger partial charge in [-0.2, -0.15) is 0 Å². The van der Waals surface area contributed by atoms with Gasteiger partial charge >= 0.3 is 0 Å². The molecule has 0 saturated heterocycles. The molecule has 0 aliphatic heterocycles. The summed E-state index contributed by atoms with van der Waals surface area (Å²) in [5, 5.41) is 2.47. The van der Waals surface area contributed by atoms with E-state index in [0.29, 0.717) is 0 Å². The van der Waals surface area contributed by atoms with E-state index in [-0.39, 0.29) is 0 Å². The van der Waals surface area contributed by atoms with Crippen LogP contribution in [0.3, 0.4) is 0 Å². The summed E-state index contributed by atoms with van der Waals surface area (Å²) in [6.45, 7) is 2.20. The Balaban J connectivity index is 1.20. The van der Waals surface area contributed by atoms with Gasteiger partial charge in [0, 0.05) is 16.5 Å². The molecule has 0 aliphatic carbocycles. The van der Waals surface area contributed by atoms with Gasteiger partial charge in [-0.25, -0.2) is 0 Å². The summed E-state index contributed by atoms with van der Waals surface area (Å²) in [4.78, 5) is 0. The van der Waals surface area contributed by atoms with Crippen LogP contribution in [0.5, 0.6) is 0 Å². The molecule has 0 unspecified atom stereocenters. The molecule has 1 heterocycles. The average molecular weight is 714 g/mol. The van der Waals surface area contributed by atoms with Crippen LogP contribution >= 0.6 is 0 Å². The van der Waals surface area contributed by atoms with Gasteiger partial charge in [0.2, 0.25) is 0 Å². The van der Waals surface area contributed by atoms with E-state index in [0.717, 1.165) is 0 Å². The lowest BCUT2D eigenvalue weighted by atomic mass is 9.92. The zero-order valence-corrected chi connectivity index (χ0v) is 31.2. The van der Waals surface area contributed by atoms with Crippen molar-refractivity contribution in [1.29, 1.82) is 0 Å². The largest absolute Gasteiger partial charge is 0.309 e. The number of para-hydroxylation sites is 1. The molecule has 0 radical (unpaired) electrons. The first kappa shape index (κ1) is 33.4. The van der Waals surface area contributed by atoms with Crippen molar-refractivity contribution in [3.63, 3.8) is 0 Å². The quantitative estimate of drug-likeness (QED) is 0.155. The summed E-state index contributed by atoms with van der Waals surface area (Å²) < 4.78 is 2.44. The fraction of sp³-hybridized carbons (Fsp3) is 0.0182. The van der Waals surface area contributed by atoms with Gasteiger partial charge in [-0.15, -0.1) is 0 Å². The molecule has 264 valence electrons. The minimum absolute atomic E-state index is 1.19. The van der Waals surface area contributed by atoms with Gasteiger partial charge in [-0.1, -0.05) is 152 Å². The molecule has 9 aromatic carbocycles. The summed E-state index contributed by atoms with van der Waals surface area (Å²) in [5.74, 6) is 0. The van der Waals surface area contributed by atoms with Crippen LogP contribution in [0.4, 0.5) is 0 Å². The minimum atomic E-state index is 1.19. The molecule has 1 heteroatoms. The highest BCUT2D eigenvalue weighted by Crippen LogP contribution is 2.41. The van der Waals surface area contributed by atoms with Crippen molar-refractivity contribution in [2.45, 2.75) is 6.92 Å². The molecule has 0 atom stereocenters. The Hall–Kier alpha value is -7.22. The van der Waals surface area contributed by atoms with E-state index >= 15 is 0 Å². The van der Waals surface area contributed by atoms with E-state index in [9.17, 15) is 0 Å². The molecule has 0 N–H and O–H groups in total. The van der Waals surface area contributed by atoms with E-state index in [2.05, 4.69) is 230 Å². The monoisotopic (exact) mass is 713 g/mol. The van der Waals surface area contributed by atoms with Gasteiger partial charge < -0.3 is 4.57 Å². The van der Waals surface area contributed by atoms with Crippen molar-refractivity contribution >= 4 is 21.8 Å². The van der Waals surface area contributed by atoms with E-state index < -0.39 is 0 Å². The second kappa shape index (κ2) is 14.2. The summed E-state index contributed by atoms with van der Waals surface area (Å²) in [6, 6.07) is 79.6. The molecule has 0 saturated carbocycles. The molecule has 0 amide bonds. The first-order valence-corrected chi connectivity index (χ1v) is 19.3. The fourth-order valence-corrected chi connectivity index (χ4v) is 8.23. The third-order valence-corrected chi connectivity index (χ3v) is 11.1. The van der Waals surface area contributed by atoms with E-state index in [1.807, 2.05) is 0 Å². The SMILES string of the molecule is Cc1ccccc1-n1c2ccc(-c3cc(-c4ccccc4)cc(-c4ccccc4)c3)cc2c2cc(-c3cc(-c4ccccc4)cc(-c4ccccc4)c3)ccc21. The number of nitrogens with zero attached hydrogens (tertiary/aromatic N) is 1. The fourth-order valence-electron chi connectivity index (χ4n) is 8.23. The number of rotatable bonds is 7. The van der Waals surface area contributed by atoms with Gasteiger partial charge in [0.15, 0.2) is 0 Å². The zero-order chi connectivity index (χ0) is 37.4. The minimum Gasteiger partial charge on any atom is -0.309 e. The van der Waals surface area contributed by atoms with Gasteiger partial charge in [0.1, 0.15) is 0 Å². The number of fused-ring (bicyclic) bond motifs is 3. The van der Waals surface area contributed by atoms with Crippen molar-refractivity contribution in [2.24, 2.45) is 0 Å². The van der Waals surface area contributed by atoms with Crippen LogP contribution in [0.2, 0.25) is 0 Å². The van der Waals surface area contributed by atoms with Crippen molar-refractivity contribution in [3.8, 4) is 72.4 Å². The molecular formula is C55H39N. The van der Waals surface area contributed by atoms with E-state index in [1.165, 1.54) is 99.8 Å². The molecule has 56 heavy (non-hydrogen) atoms. The summed E-state index contributed by atoms with van der Waals surface area (Å²) in [5.41, 5.74) is 19.3. The lowest BCUT2D eigenvalue weighted by Crippen LogP contribution is -1.96. The van der Waals surface area contributed by atoms with Gasteiger partial charge in [-0.05, 0) is 146 Å². The Morgan fingerprint density at radius 3 is 0.893 bits per heavy atom. The number of hydrogen-bond donors (Lipinski definition) is 0. The Kier molecular flexibility index (Phi) is 8.46. The molecule has 1 aromatic heterocycles. The average Bonchev–Trinajstić information content (AvgIpc) is 3.60. The van der Waals surface area contributed by atoms with Crippen molar-refractivity contribution in [2.75, 3.05) is 0 Å². The third-order valence-electron chi connectivity index (χ3n) is 11.1. The maximum absolute atomic E-state index is 2.44. The van der Waals surface area contributed by atoms with Crippen LogP contribution in [-0.2, 0) is 0 Å². The molecular weight excluding hydrogens is 675 g/mol. The lowest BCUT2D eigenvalue weighted by Gasteiger charge is -2.13. The van der Waals surface area contributed by atoms with Gasteiger partial charge in [-0.3, -0.25) is 0 Å². The third kappa shape index (κ3) is 6.20. The normalized spacial score (nSPS) is 11.3. The molecule has 10 rings (SSSR count). The van der Waals surface area contributed by atoms with Crippen LogP contribution in [0.1, 0.15) is 5.56 Å². The standard InChI is InChI=1S/C55H39N/c1-38-16-14-15-25-53(38)56-54-28-26-43(49-32-45(39-17-6-2-7-18-39)30-46(33-49)40-19-8-3-9-20-40)36-51(54)52-37-44(27-29-55(52)56)50-34-47(41-21-10-4-11-22-41)31-48(35-50)42-23-12-5-13-24-42/h2-37H,1H3. The molecule has 0 spiro atoms. The Labute approximate surface area is 328 Å². The molecule has 0 bridgehead atoms.